The molecule has 1 aromatic heterocycles. The molecule has 0 aliphatic carbocycles. The standard InChI is InChI=1S/C21H19N3O2/c1-3-23(4-2)18-11-10-17-19-15(18)8-5-9-16(19)20(25)24(21(17)26)14-7-6-12-22-13-14/h5-13H,3-4H2,1-2H3. The summed E-state index contributed by atoms with van der Waals surface area (Å²) in [6, 6.07) is 12.9. The van der Waals surface area contributed by atoms with Crippen LogP contribution in [-0.2, 0) is 0 Å². The van der Waals surface area contributed by atoms with Crippen LogP contribution in [-0.4, -0.2) is 29.9 Å². The van der Waals surface area contributed by atoms with Crippen LogP contribution in [0.1, 0.15) is 34.6 Å². The molecule has 2 heterocycles. The summed E-state index contributed by atoms with van der Waals surface area (Å²) in [7, 11) is 0. The molecule has 2 amide bonds. The molecule has 0 fully saturated rings. The summed E-state index contributed by atoms with van der Waals surface area (Å²) in [4.78, 5) is 33.7. The number of amides is 2. The maximum absolute atomic E-state index is 13.1. The van der Waals surface area contributed by atoms with E-state index >= 15 is 0 Å². The highest BCUT2D eigenvalue weighted by molar-refractivity contribution is 6.36. The Kier molecular flexibility index (Phi) is 3.92. The van der Waals surface area contributed by atoms with Gasteiger partial charge in [-0.3, -0.25) is 14.6 Å². The first-order chi connectivity index (χ1) is 12.7. The summed E-state index contributed by atoms with van der Waals surface area (Å²) in [5, 5.41) is 1.68. The lowest BCUT2D eigenvalue weighted by Gasteiger charge is -2.29. The highest BCUT2D eigenvalue weighted by Gasteiger charge is 2.34. The van der Waals surface area contributed by atoms with Crippen LogP contribution in [0.25, 0.3) is 10.8 Å². The number of rotatable bonds is 4. The molecule has 1 aliphatic heterocycles. The van der Waals surface area contributed by atoms with Crippen LogP contribution in [0.5, 0.6) is 0 Å². The van der Waals surface area contributed by atoms with E-state index < -0.39 is 0 Å². The topological polar surface area (TPSA) is 53.5 Å². The average molecular weight is 345 g/mol. The fourth-order valence-electron chi connectivity index (χ4n) is 3.64. The van der Waals surface area contributed by atoms with Crippen molar-refractivity contribution in [3.05, 3.63) is 66.0 Å². The number of anilines is 2. The smallest absolute Gasteiger partial charge is 0.266 e. The number of nitrogens with zero attached hydrogens (tertiary/aromatic N) is 3. The zero-order valence-corrected chi connectivity index (χ0v) is 14.8. The Labute approximate surface area is 151 Å². The Balaban J connectivity index is 1.96. The van der Waals surface area contributed by atoms with Crippen LogP contribution >= 0.6 is 0 Å². The van der Waals surface area contributed by atoms with Gasteiger partial charge in [-0.1, -0.05) is 12.1 Å². The van der Waals surface area contributed by atoms with Crippen LogP contribution in [0.15, 0.2) is 54.9 Å². The normalized spacial score (nSPS) is 13.4. The minimum absolute atomic E-state index is 0.308. The van der Waals surface area contributed by atoms with Gasteiger partial charge >= 0.3 is 0 Å². The summed E-state index contributed by atoms with van der Waals surface area (Å²) in [6.07, 6.45) is 3.15. The number of hydrogen-bond donors (Lipinski definition) is 0. The minimum Gasteiger partial charge on any atom is -0.372 e. The fourth-order valence-corrected chi connectivity index (χ4v) is 3.64. The molecule has 4 rings (SSSR count). The van der Waals surface area contributed by atoms with Crippen LogP contribution in [0.3, 0.4) is 0 Å². The first kappa shape index (κ1) is 16.3. The summed E-state index contributed by atoms with van der Waals surface area (Å²) < 4.78 is 0. The van der Waals surface area contributed by atoms with E-state index in [1.54, 1.807) is 24.4 Å². The van der Waals surface area contributed by atoms with Gasteiger partial charge in [0.2, 0.25) is 0 Å². The van der Waals surface area contributed by atoms with E-state index in [9.17, 15) is 9.59 Å². The second-order valence-corrected chi connectivity index (χ2v) is 6.19. The van der Waals surface area contributed by atoms with Gasteiger partial charge < -0.3 is 4.90 Å². The quantitative estimate of drug-likeness (QED) is 0.673. The monoisotopic (exact) mass is 345 g/mol. The minimum atomic E-state index is -0.308. The molecule has 0 N–H and O–H groups in total. The third kappa shape index (κ3) is 2.28. The second-order valence-electron chi connectivity index (χ2n) is 6.19. The molecule has 0 spiro atoms. The molecule has 130 valence electrons. The second kappa shape index (κ2) is 6.26. The maximum atomic E-state index is 13.1. The van der Waals surface area contributed by atoms with E-state index in [2.05, 4.69) is 23.7 Å². The number of imide groups is 1. The predicted octanol–water partition coefficient (Wildman–Crippen LogP) is 3.88. The van der Waals surface area contributed by atoms with Crippen molar-refractivity contribution in [3.63, 3.8) is 0 Å². The molecule has 5 heteroatoms. The molecule has 5 nitrogen and oxygen atoms in total. The van der Waals surface area contributed by atoms with Gasteiger partial charge in [0.25, 0.3) is 11.8 Å². The molecule has 0 saturated carbocycles. The van der Waals surface area contributed by atoms with Gasteiger partial charge in [0.1, 0.15) is 0 Å². The Hall–Kier alpha value is -3.21. The third-order valence-corrected chi connectivity index (χ3v) is 4.89. The van der Waals surface area contributed by atoms with Crippen molar-refractivity contribution in [3.8, 4) is 0 Å². The molecule has 0 unspecified atom stereocenters. The molecular weight excluding hydrogens is 326 g/mol. The summed E-state index contributed by atoms with van der Waals surface area (Å²) in [5.74, 6) is -0.615. The Morgan fingerprint density at radius 1 is 0.923 bits per heavy atom. The largest absolute Gasteiger partial charge is 0.372 e. The number of aromatic nitrogens is 1. The van der Waals surface area contributed by atoms with Gasteiger partial charge in [-0.25, -0.2) is 4.90 Å². The van der Waals surface area contributed by atoms with E-state index in [1.165, 1.54) is 11.1 Å². The van der Waals surface area contributed by atoms with Crippen LogP contribution < -0.4 is 9.80 Å². The first-order valence-electron chi connectivity index (χ1n) is 8.76. The first-order valence-corrected chi connectivity index (χ1v) is 8.76. The van der Waals surface area contributed by atoms with E-state index in [0.29, 0.717) is 16.8 Å². The van der Waals surface area contributed by atoms with Crippen molar-refractivity contribution in [2.24, 2.45) is 0 Å². The van der Waals surface area contributed by atoms with Crippen molar-refractivity contribution in [1.82, 2.24) is 4.98 Å². The number of carbonyl (C=O) groups excluding carboxylic acids is 2. The molecular formula is C21H19N3O2. The van der Waals surface area contributed by atoms with Crippen molar-refractivity contribution in [2.75, 3.05) is 22.9 Å². The third-order valence-electron chi connectivity index (χ3n) is 4.89. The van der Waals surface area contributed by atoms with Crippen LogP contribution in [0.2, 0.25) is 0 Å². The van der Waals surface area contributed by atoms with E-state index in [4.69, 9.17) is 0 Å². The number of carbonyl (C=O) groups is 2. The molecule has 3 aromatic rings. The molecule has 0 saturated heterocycles. The molecule has 0 bridgehead atoms. The summed E-state index contributed by atoms with van der Waals surface area (Å²) >= 11 is 0. The molecule has 0 radical (unpaired) electrons. The van der Waals surface area contributed by atoms with Gasteiger partial charge in [0, 0.05) is 46.9 Å². The fraction of sp³-hybridized carbons (Fsp3) is 0.190. The van der Waals surface area contributed by atoms with E-state index in [-0.39, 0.29) is 11.8 Å². The average Bonchev–Trinajstić information content (AvgIpc) is 2.68. The van der Waals surface area contributed by atoms with E-state index in [1.807, 2.05) is 24.3 Å². The zero-order valence-electron chi connectivity index (χ0n) is 14.8. The number of benzene rings is 2. The van der Waals surface area contributed by atoms with Crippen molar-refractivity contribution < 1.29 is 9.59 Å². The van der Waals surface area contributed by atoms with Gasteiger partial charge in [-0.2, -0.15) is 0 Å². The summed E-state index contributed by atoms with van der Waals surface area (Å²) in [6.45, 7) is 5.91. The Bertz CT molecular complexity index is 988. The highest BCUT2D eigenvalue weighted by Crippen LogP contribution is 2.37. The Morgan fingerprint density at radius 3 is 2.31 bits per heavy atom. The zero-order chi connectivity index (χ0) is 18.3. The van der Waals surface area contributed by atoms with Crippen LogP contribution in [0.4, 0.5) is 11.4 Å². The Morgan fingerprint density at radius 2 is 1.65 bits per heavy atom. The lowest BCUT2D eigenvalue weighted by atomic mass is 9.92. The predicted molar refractivity (Wildman–Crippen MR) is 103 cm³/mol. The molecule has 1 aliphatic rings. The highest BCUT2D eigenvalue weighted by atomic mass is 16.2. The van der Waals surface area contributed by atoms with Crippen molar-refractivity contribution >= 4 is 34.0 Å². The van der Waals surface area contributed by atoms with Gasteiger partial charge in [-0.05, 0) is 44.2 Å². The van der Waals surface area contributed by atoms with Crippen molar-refractivity contribution in [2.45, 2.75) is 13.8 Å². The van der Waals surface area contributed by atoms with Crippen LogP contribution in [0, 0.1) is 0 Å². The van der Waals surface area contributed by atoms with E-state index in [0.717, 1.165) is 29.5 Å². The van der Waals surface area contributed by atoms with Gasteiger partial charge in [0.05, 0.1) is 11.9 Å². The number of hydrogen-bond acceptors (Lipinski definition) is 4. The lowest BCUT2D eigenvalue weighted by Crippen LogP contribution is -2.40. The molecule has 0 atom stereocenters. The van der Waals surface area contributed by atoms with Crippen molar-refractivity contribution in [1.29, 1.82) is 0 Å². The van der Waals surface area contributed by atoms with Gasteiger partial charge in [0.15, 0.2) is 0 Å². The lowest BCUT2D eigenvalue weighted by molar-refractivity contribution is 0.0893. The maximum Gasteiger partial charge on any atom is 0.266 e. The number of pyridine rings is 1. The SMILES string of the molecule is CCN(CC)c1ccc2c3c(cccc13)C(=O)N(c1cccnc1)C2=O. The molecule has 26 heavy (non-hydrogen) atoms. The molecule has 2 aromatic carbocycles. The summed E-state index contributed by atoms with van der Waals surface area (Å²) in [5.41, 5.74) is 2.63. The van der Waals surface area contributed by atoms with Gasteiger partial charge in [-0.15, -0.1) is 0 Å².